The Morgan fingerprint density at radius 2 is 2.07 bits per heavy atom. The van der Waals surface area contributed by atoms with Crippen molar-refractivity contribution >= 4 is 16.9 Å². The van der Waals surface area contributed by atoms with E-state index in [0.29, 0.717) is 5.82 Å². The number of anilines is 1. The van der Waals surface area contributed by atoms with E-state index >= 15 is 0 Å². The molecule has 7 nitrogen and oxygen atoms in total. The molecule has 0 amide bonds. The summed E-state index contributed by atoms with van der Waals surface area (Å²) in [4.78, 5) is 16.1. The molecule has 1 aliphatic heterocycles. The summed E-state index contributed by atoms with van der Waals surface area (Å²) in [6.07, 6.45) is 10.1. The second-order valence-corrected chi connectivity index (χ2v) is 6.98. The van der Waals surface area contributed by atoms with Crippen molar-refractivity contribution in [3.8, 4) is 11.4 Å². The zero-order chi connectivity index (χ0) is 18.9. The lowest BCUT2D eigenvalue weighted by molar-refractivity contribution is -0.0268. The third kappa shape index (κ3) is 3.19. The molecule has 1 saturated heterocycles. The van der Waals surface area contributed by atoms with Crippen LogP contribution in [0.25, 0.3) is 22.4 Å². The normalized spacial score (nSPS) is 16.6. The van der Waals surface area contributed by atoms with Gasteiger partial charge in [-0.25, -0.2) is 9.97 Å². The van der Waals surface area contributed by atoms with E-state index in [9.17, 15) is 0 Å². The fourth-order valence-corrected chi connectivity index (χ4v) is 3.75. The molecule has 0 saturated carbocycles. The van der Waals surface area contributed by atoms with Crippen LogP contribution in [0.5, 0.6) is 0 Å². The number of aromatic nitrogens is 5. The summed E-state index contributed by atoms with van der Waals surface area (Å²) >= 11 is 0. The number of hydrogen-bond donors (Lipinski definition) is 0. The highest BCUT2D eigenvalue weighted by Crippen LogP contribution is 2.34. The largest absolute Gasteiger partial charge is 0.378 e. The van der Waals surface area contributed by atoms with Crippen LogP contribution in [0.1, 0.15) is 19.3 Å². The quantitative estimate of drug-likeness (QED) is 0.648. The van der Waals surface area contributed by atoms with Crippen molar-refractivity contribution in [3.63, 3.8) is 0 Å². The maximum atomic E-state index is 5.83. The van der Waals surface area contributed by atoms with Gasteiger partial charge in [0.1, 0.15) is 5.82 Å². The number of aryl methyl sites for hydroxylation is 1. The predicted molar refractivity (Wildman–Crippen MR) is 106 cm³/mol. The third-order valence-electron chi connectivity index (χ3n) is 5.42. The molecule has 0 aromatic carbocycles. The maximum absolute atomic E-state index is 5.83. The molecule has 140 valence electrons. The van der Waals surface area contributed by atoms with Crippen molar-refractivity contribution in [2.75, 3.05) is 25.1 Å². The predicted octanol–water partition coefficient (Wildman–Crippen LogP) is 2.99. The average molecular weight is 364 g/mol. The minimum atomic E-state index is -0.120. The number of pyridine rings is 1. The summed E-state index contributed by atoms with van der Waals surface area (Å²) in [5.41, 5.74) is 1.61. The van der Waals surface area contributed by atoms with Crippen LogP contribution in [0.3, 0.4) is 0 Å². The van der Waals surface area contributed by atoms with Gasteiger partial charge in [0.2, 0.25) is 0 Å². The molecule has 0 unspecified atom stereocenters. The van der Waals surface area contributed by atoms with Crippen LogP contribution in [-0.2, 0) is 11.8 Å². The molecule has 0 radical (unpaired) electrons. The van der Waals surface area contributed by atoms with Gasteiger partial charge in [-0.2, -0.15) is 5.10 Å². The topological polar surface area (TPSA) is 69.0 Å². The molecule has 0 bridgehead atoms. The molecule has 3 aromatic rings. The standard InChI is InChI=1S/C20H24N6O/c1-4-7-20(27-3)8-11-26(12-9-20)19-16-14-22-25(2)18(16)23-17(24-19)15-6-5-10-21-13-15/h4-6,10,13-14H,1,7-9,11-12H2,2-3H3. The minimum Gasteiger partial charge on any atom is -0.378 e. The molecule has 27 heavy (non-hydrogen) atoms. The van der Waals surface area contributed by atoms with Gasteiger partial charge in [-0.05, 0) is 31.4 Å². The summed E-state index contributed by atoms with van der Waals surface area (Å²) in [6, 6.07) is 3.87. The monoisotopic (exact) mass is 364 g/mol. The van der Waals surface area contributed by atoms with Gasteiger partial charge in [-0.3, -0.25) is 9.67 Å². The van der Waals surface area contributed by atoms with Crippen LogP contribution < -0.4 is 4.90 Å². The highest BCUT2D eigenvalue weighted by atomic mass is 16.5. The van der Waals surface area contributed by atoms with Gasteiger partial charge < -0.3 is 9.64 Å². The number of rotatable bonds is 5. The summed E-state index contributed by atoms with van der Waals surface area (Å²) in [5.74, 6) is 1.60. The van der Waals surface area contributed by atoms with Crippen molar-refractivity contribution in [1.82, 2.24) is 24.7 Å². The summed E-state index contributed by atoms with van der Waals surface area (Å²) in [5, 5.41) is 5.37. The van der Waals surface area contributed by atoms with Crippen LogP contribution in [0.4, 0.5) is 5.82 Å². The molecule has 1 aliphatic rings. The molecule has 0 spiro atoms. The highest BCUT2D eigenvalue weighted by Gasteiger charge is 2.34. The lowest BCUT2D eigenvalue weighted by Gasteiger charge is -2.41. The van der Waals surface area contributed by atoms with Crippen molar-refractivity contribution in [3.05, 3.63) is 43.4 Å². The number of fused-ring (bicyclic) bond motifs is 1. The van der Waals surface area contributed by atoms with Crippen molar-refractivity contribution in [2.24, 2.45) is 7.05 Å². The molecule has 4 heterocycles. The lowest BCUT2D eigenvalue weighted by atomic mass is 9.88. The van der Waals surface area contributed by atoms with Gasteiger partial charge >= 0.3 is 0 Å². The van der Waals surface area contributed by atoms with E-state index in [1.807, 2.05) is 31.5 Å². The Morgan fingerprint density at radius 3 is 2.74 bits per heavy atom. The summed E-state index contributed by atoms with van der Waals surface area (Å²) in [7, 11) is 3.70. The number of ether oxygens (including phenoxy) is 1. The summed E-state index contributed by atoms with van der Waals surface area (Å²) < 4.78 is 7.63. The molecule has 4 rings (SSSR count). The molecule has 1 fully saturated rings. The van der Waals surface area contributed by atoms with Gasteiger partial charge in [0, 0.05) is 45.2 Å². The first-order chi connectivity index (χ1) is 13.2. The molecule has 3 aromatic heterocycles. The number of piperidine rings is 1. The van der Waals surface area contributed by atoms with Gasteiger partial charge in [0.15, 0.2) is 11.5 Å². The SMILES string of the molecule is C=CCC1(OC)CCN(c2nc(-c3cccnc3)nc3c2cnn3C)CC1. The Hall–Kier alpha value is -2.80. The van der Waals surface area contributed by atoms with Gasteiger partial charge in [0.05, 0.1) is 17.2 Å². The minimum absolute atomic E-state index is 0.120. The van der Waals surface area contributed by atoms with E-state index in [0.717, 1.165) is 54.8 Å². The first-order valence-corrected chi connectivity index (χ1v) is 9.17. The Kier molecular flexibility index (Phi) is 4.61. The van der Waals surface area contributed by atoms with Crippen LogP contribution in [0.2, 0.25) is 0 Å². The first-order valence-electron chi connectivity index (χ1n) is 9.17. The zero-order valence-corrected chi connectivity index (χ0v) is 15.8. The van der Waals surface area contributed by atoms with Crippen molar-refractivity contribution < 1.29 is 4.74 Å². The van der Waals surface area contributed by atoms with E-state index < -0.39 is 0 Å². The van der Waals surface area contributed by atoms with Gasteiger partial charge in [0.25, 0.3) is 0 Å². The van der Waals surface area contributed by atoms with Crippen molar-refractivity contribution in [1.29, 1.82) is 0 Å². The maximum Gasteiger partial charge on any atom is 0.165 e. The van der Waals surface area contributed by atoms with Gasteiger partial charge in [-0.15, -0.1) is 6.58 Å². The van der Waals surface area contributed by atoms with Crippen LogP contribution in [0, 0.1) is 0 Å². The second kappa shape index (κ2) is 7.08. The number of nitrogens with zero attached hydrogens (tertiary/aromatic N) is 6. The first kappa shape index (κ1) is 17.6. The smallest absolute Gasteiger partial charge is 0.165 e. The van der Waals surface area contributed by atoms with Gasteiger partial charge in [-0.1, -0.05) is 6.08 Å². The third-order valence-corrected chi connectivity index (χ3v) is 5.42. The fourth-order valence-electron chi connectivity index (χ4n) is 3.75. The van der Waals surface area contributed by atoms with E-state index in [1.165, 1.54) is 0 Å². The lowest BCUT2D eigenvalue weighted by Crippen LogP contribution is -2.45. The van der Waals surface area contributed by atoms with E-state index in [4.69, 9.17) is 14.7 Å². The fraction of sp³-hybridized carbons (Fsp3) is 0.400. The van der Waals surface area contributed by atoms with E-state index in [2.05, 4.69) is 21.6 Å². The molecule has 0 atom stereocenters. The van der Waals surface area contributed by atoms with Crippen LogP contribution in [0.15, 0.2) is 43.4 Å². The Labute approximate surface area is 158 Å². The molecular formula is C20H24N6O. The second-order valence-electron chi connectivity index (χ2n) is 6.98. The Morgan fingerprint density at radius 1 is 1.26 bits per heavy atom. The molecular weight excluding hydrogens is 340 g/mol. The zero-order valence-electron chi connectivity index (χ0n) is 15.8. The van der Waals surface area contributed by atoms with Crippen LogP contribution in [-0.4, -0.2) is 50.5 Å². The van der Waals surface area contributed by atoms with Crippen LogP contribution >= 0.6 is 0 Å². The van der Waals surface area contributed by atoms with E-state index in [-0.39, 0.29) is 5.60 Å². The highest BCUT2D eigenvalue weighted by molar-refractivity contribution is 5.88. The number of hydrogen-bond acceptors (Lipinski definition) is 6. The summed E-state index contributed by atoms with van der Waals surface area (Å²) in [6.45, 7) is 5.62. The van der Waals surface area contributed by atoms with E-state index in [1.54, 1.807) is 24.2 Å². The number of methoxy groups -OCH3 is 1. The van der Waals surface area contributed by atoms with Crippen molar-refractivity contribution in [2.45, 2.75) is 24.9 Å². The molecule has 7 heteroatoms. The Bertz CT molecular complexity index is 944. The Balaban J connectivity index is 1.72. The molecule has 0 aliphatic carbocycles. The molecule has 0 N–H and O–H groups in total. The average Bonchev–Trinajstić information content (AvgIpc) is 3.10.